The van der Waals surface area contributed by atoms with E-state index in [1.54, 1.807) is 16.8 Å². The average Bonchev–Trinajstić information content (AvgIpc) is 3.24. The van der Waals surface area contributed by atoms with Gasteiger partial charge in [-0.2, -0.15) is 0 Å². The number of tetrazole rings is 1. The third-order valence-electron chi connectivity index (χ3n) is 3.35. The van der Waals surface area contributed by atoms with E-state index < -0.39 is 4.92 Å². The molecule has 0 spiro atoms. The molecule has 2 aromatic heterocycles. The smallest absolute Gasteiger partial charge is 0.269 e. The molecule has 11 heteroatoms. The molecule has 0 aliphatic rings. The standard InChI is InChI=1S/C14H15N7O3S/c1-8(2)20-14(17-18-19-20)25-9(3)12-15-16-13(24-12)10-4-6-11(7-5-10)21(22)23/h4-9H,1-3H3. The van der Waals surface area contributed by atoms with Crippen LogP contribution in [0.5, 0.6) is 0 Å². The van der Waals surface area contributed by atoms with Crippen LogP contribution in [0.15, 0.2) is 33.8 Å². The number of benzene rings is 1. The Balaban J connectivity index is 1.76. The number of nitro benzene ring substituents is 1. The van der Waals surface area contributed by atoms with Crippen LogP contribution in [0, 0.1) is 10.1 Å². The number of nitrogens with zero attached hydrogens (tertiary/aromatic N) is 7. The molecule has 10 nitrogen and oxygen atoms in total. The van der Waals surface area contributed by atoms with Crippen LogP contribution >= 0.6 is 11.8 Å². The number of rotatable bonds is 6. The van der Waals surface area contributed by atoms with Gasteiger partial charge in [0.25, 0.3) is 5.69 Å². The molecule has 0 amide bonds. The SMILES string of the molecule is CC(Sc1nnnn1C(C)C)c1nnc(-c2ccc([N+](=O)[O-])cc2)o1. The first-order valence-electron chi connectivity index (χ1n) is 7.48. The zero-order chi connectivity index (χ0) is 18.0. The van der Waals surface area contributed by atoms with Crippen molar-refractivity contribution in [3.8, 4) is 11.5 Å². The van der Waals surface area contributed by atoms with Gasteiger partial charge in [-0.15, -0.1) is 15.3 Å². The highest BCUT2D eigenvalue weighted by molar-refractivity contribution is 7.99. The molecular weight excluding hydrogens is 346 g/mol. The largest absolute Gasteiger partial charge is 0.419 e. The van der Waals surface area contributed by atoms with Gasteiger partial charge in [0, 0.05) is 17.7 Å². The summed E-state index contributed by atoms with van der Waals surface area (Å²) < 4.78 is 7.41. The average molecular weight is 361 g/mol. The van der Waals surface area contributed by atoms with E-state index in [4.69, 9.17) is 4.42 Å². The van der Waals surface area contributed by atoms with Gasteiger partial charge in [0.1, 0.15) is 0 Å². The lowest BCUT2D eigenvalue weighted by atomic mass is 10.2. The maximum Gasteiger partial charge on any atom is 0.269 e. The second-order valence-electron chi connectivity index (χ2n) is 5.51. The maximum atomic E-state index is 10.7. The lowest BCUT2D eigenvalue weighted by molar-refractivity contribution is -0.384. The molecule has 25 heavy (non-hydrogen) atoms. The first kappa shape index (κ1) is 17.0. The van der Waals surface area contributed by atoms with E-state index in [0.29, 0.717) is 22.5 Å². The highest BCUT2D eigenvalue weighted by Gasteiger charge is 2.20. The van der Waals surface area contributed by atoms with E-state index in [1.165, 1.54) is 23.9 Å². The molecule has 3 aromatic rings. The molecule has 3 rings (SSSR count). The third kappa shape index (κ3) is 3.65. The molecule has 130 valence electrons. The van der Waals surface area contributed by atoms with Crippen molar-refractivity contribution in [3.05, 3.63) is 40.3 Å². The normalized spacial score (nSPS) is 12.5. The Kier molecular flexibility index (Phi) is 4.74. The molecule has 0 radical (unpaired) electrons. The van der Waals surface area contributed by atoms with Gasteiger partial charge in [0.05, 0.1) is 16.2 Å². The quantitative estimate of drug-likeness (QED) is 0.370. The van der Waals surface area contributed by atoms with E-state index in [1.807, 2.05) is 20.8 Å². The first-order valence-corrected chi connectivity index (χ1v) is 8.36. The van der Waals surface area contributed by atoms with E-state index in [-0.39, 0.29) is 17.0 Å². The Hall–Kier alpha value is -2.82. The molecule has 1 atom stereocenters. The lowest BCUT2D eigenvalue weighted by Gasteiger charge is -2.09. The van der Waals surface area contributed by atoms with Gasteiger partial charge >= 0.3 is 0 Å². The Labute approximate surface area is 146 Å². The Morgan fingerprint density at radius 3 is 2.52 bits per heavy atom. The number of nitro groups is 1. The summed E-state index contributed by atoms with van der Waals surface area (Å²) in [4.78, 5) is 10.2. The van der Waals surface area contributed by atoms with E-state index in [2.05, 4.69) is 25.7 Å². The van der Waals surface area contributed by atoms with Crippen molar-refractivity contribution in [1.29, 1.82) is 0 Å². The van der Waals surface area contributed by atoms with Crippen molar-refractivity contribution in [3.63, 3.8) is 0 Å². The summed E-state index contributed by atoms with van der Waals surface area (Å²) in [6.07, 6.45) is 0. The molecule has 0 saturated heterocycles. The second-order valence-corrected chi connectivity index (χ2v) is 6.82. The third-order valence-corrected chi connectivity index (χ3v) is 4.38. The van der Waals surface area contributed by atoms with Gasteiger partial charge in [0.15, 0.2) is 0 Å². The molecule has 0 aliphatic heterocycles. The topological polar surface area (TPSA) is 126 Å². The zero-order valence-corrected chi connectivity index (χ0v) is 14.5. The predicted molar refractivity (Wildman–Crippen MR) is 88.9 cm³/mol. The summed E-state index contributed by atoms with van der Waals surface area (Å²) in [5, 5.41) is 30.9. The number of hydrogen-bond donors (Lipinski definition) is 0. The van der Waals surface area contributed by atoms with Crippen molar-refractivity contribution in [2.45, 2.75) is 37.2 Å². The van der Waals surface area contributed by atoms with Crippen LogP contribution in [0.4, 0.5) is 5.69 Å². The Morgan fingerprint density at radius 2 is 1.88 bits per heavy atom. The minimum atomic E-state index is -0.458. The molecule has 0 fully saturated rings. The monoisotopic (exact) mass is 361 g/mol. The molecule has 0 bridgehead atoms. The van der Waals surface area contributed by atoms with Gasteiger partial charge in [0.2, 0.25) is 16.9 Å². The van der Waals surface area contributed by atoms with Crippen molar-refractivity contribution in [2.24, 2.45) is 0 Å². The van der Waals surface area contributed by atoms with Crippen molar-refractivity contribution in [2.75, 3.05) is 0 Å². The minimum absolute atomic E-state index is 0.00735. The molecule has 0 saturated carbocycles. The number of non-ortho nitro benzene ring substituents is 1. The van der Waals surface area contributed by atoms with Crippen molar-refractivity contribution < 1.29 is 9.34 Å². The van der Waals surface area contributed by atoms with E-state index in [9.17, 15) is 10.1 Å². The summed E-state index contributed by atoms with van der Waals surface area (Å²) in [5.41, 5.74) is 0.626. The Morgan fingerprint density at radius 1 is 1.16 bits per heavy atom. The predicted octanol–water partition coefficient (Wildman–Crippen LogP) is 3.07. The summed E-state index contributed by atoms with van der Waals surface area (Å²) >= 11 is 1.41. The van der Waals surface area contributed by atoms with Crippen molar-refractivity contribution >= 4 is 17.4 Å². The van der Waals surface area contributed by atoms with Gasteiger partial charge in [-0.3, -0.25) is 10.1 Å². The van der Waals surface area contributed by atoms with E-state index in [0.717, 1.165) is 0 Å². The summed E-state index contributed by atoms with van der Waals surface area (Å²) in [6, 6.07) is 6.09. The lowest BCUT2D eigenvalue weighted by Crippen LogP contribution is -2.05. The molecule has 0 aliphatic carbocycles. The summed E-state index contributed by atoms with van der Waals surface area (Å²) in [5.74, 6) is 0.734. The number of thioether (sulfide) groups is 1. The minimum Gasteiger partial charge on any atom is -0.419 e. The van der Waals surface area contributed by atoms with Gasteiger partial charge in [-0.1, -0.05) is 11.8 Å². The highest BCUT2D eigenvalue weighted by Crippen LogP contribution is 2.34. The second kappa shape index (κ2) is 6.97. The van der Waals surface area contributed by atoms with Crippen molar-refractivity contribution in [1.82, 2.24) is 30.4 Å². The van der Waals surface area contributed by atoms with E-state index >= 15 is 0 Å². The van der Waals surface area contributed by atoms with Crippen LogP contribution in [0.25, 0.3) is 11.5 Å². The summed E-state index contributed by atoms with van der Waals surface area (Å²) in [7, 11) is 0. The van der Waals surface area contributed by atoms with Crippen LogP contribution in [0.2, 0.25) is 0 Å². The molecule has 1 aromatic carbocycles. The molecular formula is C14H15N7O3S. The van der Waals surface area contributed by atoms with Gasteiger partial charge < -0.3 is 4.42 Å². The van der Waals surface area contributed by atoms with Crippen LogP contribution in [-0.2, 0) is 0 Å². The van der Waals surface area contributed by atoms with Gasteiger partial charge in [-0.25, -0.2) is 4.68 Å². The maximum absolute atomic E-state index is 10.7. The fourth-order valence-corrected chi connectivity index (χ4v) is 2.99. The zero-order valence-electron chi connectivity index (χ0n) is 13.7. The fraction of sp³-hybridized carbons (Fsp3) is 0.357. The fourth-order valence-electron chi connectivity index (χ4n) is 2.04. The molecule has 1 unspecified atom stereocenters. The number of hydrogen-bond acceptors (Lipinski definition) is 9. The Bertz CT molecular complexity index is 875. The summed E-state index contributed by atoms with van der Waals surface area (Å²) in [6.45, 7) is 5.89. The number of aromatic nitrogens is 6. The molecule has 0 N–H and O–H groups in total. The van der Waals surface area contributed by atoms with Crippen LogP contribution in [0.1, 0.15) is 38.0 Å². The van der Waals surface area contributed by atoms with Gasteiger partial charge in [-0.05, 0) is 43.3 Å². The highest BCUT2D eigenvalue weighted by atomic mass is 32.2. The van der Waals surface area contributed by atoms with Crippen LogP contribution < -0.4 is 0 Å². The van der Waals surface area contributed by atoms with Crippen LogP contribution in [0.3, 0.4) is 0 Å². The van der Waals surface area contributed by atoms with Crippen LogP contribution in [-0.4, -0.2) is 35.3 Å². The first-order chi connectivity index (χ1) is 12.0. The molecule has 2 heterocycles.